The normalized spacial score (nSPS) is 10.4. The van der Waals surface area contributed by atoms with Gasteiger partial charge >= 0.3 is 5.97 Å². The minimum Gasteiger partial charge on any atom is -0.478 e. The summed E-state index contributed by atoms with van der Waals surface area (Å²) >= 11 is 0. The number of nitrogens with zero attached hydrogens (tertiary/aromatic N) is 3. The third kappa shape index (κ3) is 3.16. The maximum absolute atomic E-state index is 11.2. The first-order valence-electron chi connectivity index (χ1n) is 6.13. The van der Waals surface area contributed by atoms with Crippen LogP contribution in [0.25, 0.3) is 0 Å². The van der Waals surface area contributed by atoms with Gasteiger partial charge < -0.3 is 10.4 Å². The van der Waals surface area contributed by atoms with Crippen LogP contribution in [-0.4, -0.2) is 25.8 Å². The van der Waals surface area contributed by atoms with Gasteiger partial charge in [-0.1, -0.05) is 0 Å². The van der Waals surface area contributed by atoms with E-state index in [4.69, 9.17) is 5.11 Å². The molecule has 2 aromatic rings. The Balaban J connectivity index is 2.25. The molecule has 0 aliphatic rings. The van der Waals surface area contributed by atoms with Crippen LogP contribution < -0.4 is 5.32 Å². The van der Waals surface area contributed by atoms with E-state index in [0.29, 0.717) is 12.2 Å². The molecule has 0 aliphatic carbocycles. The number of carboxylic acid groups (broad SMARTS) is 1. The number of non-ortho nitro benzene ring substituents is 1. The van der Waals surface area contributed by atoms with Gasteiger partial charge in [-0.15, -0.1) is 0 Å². The molecule has 1 heterocycles. The Morgan fingerprint density at radius 1 is 1.52 bits per heavy atom. The van der Waals surface area contributed by atoms with Crippen LogP contribution in [0.1, 0.15) is 21.6 Å². The molecule has 0 radical (unpaired) electrons. The molecule has 21 heavy (non-hydrogen) atoms. The minimum absolute atomic E-state index is 0.134. The van der Waals surface area contributed by atoms with Gasteiger partial charge in [-0.3, -0.25) is 14.8 Å². The van der Waals surface area contributed by atoms with Crippen LogP contribution in [0.5, 0.6) is 0 Å². The zero-order valence-corrected chi connectivity index (χ0v) is 11.5. The number of benzene rings is 1. The predicted molar refractivity (Wildman–Crippen MR) is 75.3 cm³/mol. The Morgan fingerprint density at radius 3 is 2.76 bits per heavy atom. The van der Waals surface area contributed by atoms with Gasteiger partial charge in [-0.05, 0) is 13.0 Å². The van der Waals surface area contributed by atoms with Crippen molar-refractivity contribution in [3.63, 3.8) is 0 Å². The molecule has 0 spiro atoms. The molecule has 1 aromatic carbocycles. The molecule has 0 unspecified atom stereocenters. The SMILES string of the molecule is Cc1nn(C)cc1CNc1ccc([N+](=O)[O-])cc1C(=O)O. The molecule has 0 saturated heterocycles. The fourth-order valence-electron chi connectivity index (χ4n) is 1.99. The number of hydrogen-bond acceptors (Lipinski definition) is 5. The van der Waals surface area contributed by atoms with E-state index in [-0.39, 0.29) is 11.3 Å². The maximum atomic E-state index is 11.2. The van der Waals surface area contributed by atoms with Crippen LogP contribution >= 0.6 is 0 Å². The minimum atomic E-state index is -1.22. The van der Waals surface area contributed by atoms with Gasteiger partial charge in [0.2, 0.25) is 0 Å². The first kappa shape index (κ1) is 14.5. The Kier molecular flexibility index (Phi) is 3.88. The fraction of sp³-hybridized carbons (Fsp3) is 0.231. The molecule has 0 saturated carbocycles. The third-order valence-corrected chi connectivity index (χ3v) is 3.03. The lowest BCUT2D eigenvalue weighted by atomic mass is 10.1. The molecular weight excluding hydrogens is 276 g/mol. The number of nitro groups is 1. The highest BCUT2D eigenvalue weighted by Gasteiger charge is 2.16. The van der Waals surface area contributed by atoms with Gasteiger partial charge in [0.15, 0.2) is 0 Å². The molecule has 2 rings (SSSR count). The Morgan fingerprint density at radius 2 is 2.24 bits per heavy atom. The number of carboxylic acids is 1. The standard InChI is InChI=1S/C13H14N4O4/c1-8-9(7-16(2)15-8)6-14-12-4-3-10(17(20)21)5-11(12)13(18)19/h3-5,7,14H,6H2,1-2H3,(H,18,19). The van der Waals surface area contributed by atoms with E-state index in [1.54, 1.807) is 11.7 Å². The highest BCUT2D eigenvalue weighted by Crippen LogP contribution is 2.23. The number of nitro benzene ring substituents is 1. The molecule has 0 amide bonds. The van der Waals surface area contributed by atoms with Crippen molar-refractivity contribution in [2.75, 3.05) is 5.32 Å². The van der Waals surface area contributed by atoms with Crippen LogP contribution in [0.15, 0.2) is 24.4 Å². The third-order valence-electron chi connectivity index (χ3n) is 3.03. The lowest BCUT2D eigenvalue weighted by Crippen LogP contribution is -2.07. The quantitative estimate of drug-likeness (QED) is 0.643. The molecule has 0 bridgehead atoms. The maximum Gasteiger partial charge on any atom is 0.338 e. The smallest absolute Gasteiger partial charge is 0.338 e. The fourth-order valence-corrected chi connectivity index (χ4v) is 1.99. The van der Waals surface area contributed by atoms with Crippen LogP contribution in [0.3, 0.4) is 0 Å². The van der Waals surface area contributed by atoms with E-state index >= 15 is 0 Å². The summed E-state index contributed by atoms with van der Waals surface area (Å²) in [7, 11) is 1.80. The summed E-state index contributed by atoms with van der Waals surface area (Å²) < 4.78 is 1.67. The first-order valence-corrected chi connectivity index (χ1v) is 6.13. The van der Waals surface area contributed by atoms with Crippen molar-refractivity contribution in [2.24, 2.45) is 7.05 Å². The number of carbonyl (C=O) groups is 1. The Bertz CT molecular complexity index is 708. The molecule has 110 valence electrons. The van der Waals surface area contributed by atoms with Gasteiger partial charge in [0.25, 0.3) is 5.69 Å². The van der Waals surface area contributed by atoms with Crippen LogP contribution in [-0.2, 0) is 13.6 Å². The van der Waals surface area contributed by atoms with Crippen molar-refractivity contribution >= 4 is 17.3 Å². The van der Waals surface area contributed by atoms with Gasteiger partial charge in [-0.2, -0.15) is 5.10 Å². The van der Waals surface area contributed by atoms with Crippen molar-refractivity contribution in [3.05, 3.63) is 51.3 Å². The largest absolute Gasteiger partial charge is 0.478 e. The zero-order valence-electron chi connectivity index (χ0n) is 11.5. The van der Waals surface area contributed by atoms with Crippen molar-refractivity contribution in [2.45, 2.75) is 13.5 Å². The zero-order chi connectivity index (χ0) is 15.6. The van der Waals surface area contributed by atoms with Crippen molar-refractivity contribution < 1.29 is 14.8 Å². The average molecular weight is 290 g/mol. The topological polar surface area (TPSA) is 110 Å². The average Bonchev–Trinajstić information content (AvgIpc) is 2.74. The predicted octanol–water partition coefficient (Wildman–Crippen LogP) is 1.95. The second-order valence-electron chi connectivity index (χ2n) is 4.56. The second kappa shape index (κ2) is 5.61. The van der Waals surface area contributed by atoms with Crippen molar-refractivity contribution in [3.8, 4) is 0 Å². The molecular formula is C13H14N4O4. The molecule has 2 N–H and O–H groups in total. The first-order chi connectivity index (χ1) is 9.88. The summed E-state index contributed by atoms with van der Waals surface area (Å²) in [6, 6.07) is 3.71. The van der Waals surface area contributed by atoms with Crippen molar-refractivity contribution in [1.82, 2.24) is 9.78 Å². The number of aromatic carboxylic acids is 1. The number of hydrogen-bond donors (Lipinski definition) is 2. The van der Waals surface area contributed by atoms with Crippen molar-refractivity contribution in [1.29, 1.82) is 0 Å². The summed E-state index contributed by atoms with van der Waals surface area (Å²) in [5.41, 5.74) is 1.70. The molecule has 0 aliphatic heterocycles. The Labute approximate surface area is 120 Å². The van der Waals surface area contributed by atoms with E-state index in [0.717, 1.165) is 17.3 Å². The number of rotatable bonds is 5. The number of aryl methyl sites for hydroxylation is 2. The van der Waals surface area contributed by atoms with Gasteiger partial charge in [0.1, 0.15) is 0 Å². The number of nitrogens with one attached hydrogen (secondary N) is 1. The molecule has 8 nitrogen and oxygen atoms in total. The second-order valence-corrected chi connectivity index (χ2v) is 4.56. The summed E-state index contributed by atoms with van der Waals surface area (Å²) in [6.07, 6.45) is 1.83. The lowest BCUT2D eigenvalue weighted by Gasteiger charge is -2.09. The highest BCUT2D eigenvalue weighted by atomic mass is 16.6. The number of aromatic nitrogens is 2. The molecule has 1 aromatic heterocycles. The summed E-state index contributed by atoms with van der Waals surface area (Å²) in [5, 5.41) is 27.0. The van der Waals surface area contributed by atoms with Crippen LogP contribution in [0.4, 0.5) is 11.4 Å². The van der Waals surface area contributed by atoms with Crippen LogP contribution in [0, 0.1) is 17.0 Å². The van der Waals surface area contributed by atoms with Gasteiger partial charge in [0.05, 0.1) is 16.2 Å². The van der Waals surface area contributed by atoms with Crippen LogP contribution in [0.2, 0.25) is 0 Å². The number of anilines is 1. The summed E-state index contributed by atoms with van der Waals surface area (Å²) in [5.74, 6) is -1.22. The van der Waals surface area contributed by atoms with E-state index in [1.807, 2.05) is 13.1 Å². The summed E-state index contributed by atoms with van der Waals surface area (Å²) in [6.45, 7) is 2.24. The van der Waals surface area contributed by atoms with E-state index in [2.05, 4.69) is 10.4 Å². The highest BCUT2D eigenvalue weighted by molar-refractivity contribution is 5.95. The van der Waals surface area contributed by atoms with E-state index in [1.165, 1.54) is 12.1 Å². The monoisotopic (exact) mass is 290 g/mol. The van der Waals surface area contributed by atoms with Gasteiger partial charge in [-0.25, -0.2) is 4.79 Å². The lowest BCUT2D eigenvalue weighted by molar-refractivity contribution is -0.384. The summed E-state index contributed by atoms with van der Waals surface area (Å²) in [4.78, 5) is 21.3. The van der Waals surface area contributed by atoms with Gasteiger partial charge in [0, 0.05) is 43.2 Å². The van der Waals surface area contributed by atoms with E-state index < -0.39 is 10.9 Å². The van der Waals surface area contributed by atoms with E-state index in [9.17, 15) is 14.9 Å². The Hall–Kier alpha value is -2.90. The molecule has 0 atom stereocenters. The molecule has 8 heteroatoms. The molecule has 0 fully saturated rings.